The van der Waals surface area contributed by atoms with Crippen LogP contribution in [0.25, 0.3) is 0 Å². The van der Waals surface area contributed by atoms with Crippen molar-refractivity contribution in [2.45, 2.75) is 26.3 Å². The first-order chi connectivity index (χ1) is 10.1. The van der Waals surface area contributed by atoms with Crippen molar-refractivity contribution >= 4 is 18.3 Å². The van der Waals surface area contributed by atoms with E-state index in [1.54, 1.807) is 0 Å². The molecule has 22 heavy (non-hydrogen) atoms. The highest BCUT2D eigenvalue weighted by atomic mass is 35.5. The Balaban J connectivity index is 0.00000242. The molecule has 1 fully saturated rings. The largest absolute Gasteiger partial charge is 0.339 e. The second kappa shape index (κ2) is 9.13. The van der Waals surface area contributed by atoms with E-state index < -0.39 is 0 Å². The molecule has 1 aromatic carbocycles. The maximum Gasteiger partial charge on any atom is 0.236 e. The number of carbonyl (C=O) groups is 1. The summed E-state index contributed by atoms with van der Waals surface area (Å²) in [5.41, 5.74) is 2.62. The van der Waals surface area contributed by atoms with Gasteiger partial charge in [-0.05, 0) is 24.1 Å². The Bertz CT molecular complexity index is 455. The summed E-state index contributed by atoms with van der Waals surface area (Å²) in [5.74, 6) is 0.795. The van der Waals surface area contributed by atoms with Gasteiger partial charge in [-0.15, -0.1) is 12.4 Å². The Morgan fingerprint density at radius 3 is 2.36 bits per heavy atom. The quantitative estimate of drug-likeness (QED) is 0.900. The molecule has 1 amide bonds. The molecule has 1 aliphatic heterocycles. The van der Waals surface area contributed by atoms with E-state index >= 15 is 0 Å². The number of halogens is 1. The van der Waals surface area contributed by atoms with Crippen LogP contribution in [0.2, 0.25) is 0 Å². The molecule has 124 valence electrons. The SMILES string of the molecule is CC(C)c1ccc(CN(C)CC(=O)N2CCNCC2)cc1.Cl. The van der Waals surface area contributed by atoms with Crippen molar-refractivity contribution in [1.82, 2.24) is 15.1 Å². The fraction of sp³-hybridized carbons (Fsp3) is 0.588. The van der Waals surface area contributed by atoms with Crippen LogP contribution in [0, 0.1) is 0 Å². The van der Waals surface area contributed by atoms with Crippen LogP contribution < -0.4 is 5.32 Å². The van der Waals surface area contributed by atoms with Gasteiger partial charge in [0.05, 0.1) is 6.54 Å². The number of hydrogen-bond donors (Lipinski definition) is 1. The van der Waals surface area contributed by atoms with Crippen molar-refractivity contribution in [1.29, 1.82) is 0 Å². The minimum atomic E-state index is 0. The maximum absolute atomic E-state index is 12.2. The average Bonchev–Trinajstić information content (AvgIpc) is 2.48. The fourth-order valence-electron chi connectivity index (χ4n) is 2.62. The molecule has 0 bridgehead atoms. The monoisotopic (exact) mass is 325 g/mol. The van der Waals surface area contributed by atoms with Gasteiger partial charge in [-0.25, -0.2) is 0 Å². The molecule has 5 heteroatoms. The smallest absolute Gasteiger partial charge is 0.236 e. The second-order valence-electron chi connectivity index (χ2n) is 6.20. The first-order valence-corrected chi connectivity index (χ1v) is 7.82. The third-order valence-corrected chi connectivity index (χ3v) is 3.97. The number of rotatable bonds is 5. The lowest BCUT2D eigenvalue weighted by molar-refractivity contribution is -0.132. The van der Waals surface area contributed by atoms with Gasteiger partial charge in [0.15, 0.2) is 0 Å². The number of likely N-dealkylation sites (N-methyl/N-ethyl adjacent to an activating group) is 1. The van der Waals surface area contributed by atoms with E-state index in [0.29, 0.717) is 12.5 Å². The molecule has 0 radical (unpaired) electrons. The highest BCUT2D eigenvalue weighted by Gasteiger charge is 2.17. The summed E-state index contributed by atoms with van der Waals surface area (Å²) in [6.45, 7) is 9.19. The highest BCUT2D eigenvalue weighted by Crippen LogP contribution is 2.15. The van der Waals surface area contributed by atoms with Crippen molar-refractivity contribution in [3.63, 3.8) is 0 Å². The van der Waals surface area contributed by atoms with E-state index in [-0.39, 0.29) is 18.3 Å². The molecule has 2 rings (SSSR count). The van der Waals surface area contributed by atoms with Crippen molar-refractivity contribution in [2.75, 3.05) is 39.8 Å². The minimum Gasteiger partial charge on any atom is -0.339 e. The Labute approximate surface area is 140 Å². The summed E-state index contributed by atoms with van der Waals surface area (Å²) in [7, 11) is 2.01. The molecular weight excluding hydrogens is 298 g/mol. The van der Waals surface area contributed by atoms with Crippen LogP contribution in [-0.4, -0.2) is 55.5 Å². The Morgan fingerprint density at radius 2 is 1.82 bits per heavy atom. The van der Waals surface area contributed by atoms with Gasteiger partial charge in [0.25, 0.3) is 0 Å². The van der Waals surface area contributed by atoms with Crippen LogP contribution in [0.15, 0.2) is 24.3 Å². The van der Waals surface area contributed by atoms with Gasteiger partial charge in [0, 0.05) is 32.7 Å². The molecule has 0 aromatic heterocycles. The number of benzene rings is 1. The average molecular weight is 326 g/mol. The summed E-state index contributed by atoms with van der Waals surface area (Å²) in [4.78, 5) is 16.2. The van der Waals surface area contributed by atoms with Crippen LogP contribution in [0.3, 0.4) is 0 Å². The first kappa shape index (κ1) is 18.9. The lowest BCUT2D eigenvalue weighted by Crippen LogP contribution is -2.49. The van der Waals surface area contributed by atoms with Crippen LogP contribution in [0.4, 0.5) is 0 Å². The number of carbonyl (C=O) groups excluding carboxylic acids is 1. The molecule has 0 atom stereocenters. The van der Waals surface area contributed by atoms with Crippen molar-refractivity contribution in [2.24, 2.45) is 0 Å². The van der Waals surface area contributed by atoms with Gasteiger partial charge in [-0.1, -0.05) is 38.1 Å². The summed E-state index contributed by atoms with van der Waals surface area (Å²) in [6, 6.07) is 8.71. The number of piperazine rings is 1. The van der Waals surface area contributed by atoms with E-state index in [2.05, 4.69) is 48.3 Å². The van der Waals surface area contributed by atoms with E-state index in [1.165, 1.54) is 11.1 Å². The lowest BCUT2D eigenvalue weighted by atomic mass is 10.0. The van der Waals surface area contributed by atoms with Gasteiger partial charge >= 0.3 is 0 Å². The summed E-state index contributed by atoms with van der Waals surface area (Å²) < 4.78 is 0. The van der Waals surface area contributed by atoms with Gasteiger partial charge in [-0.2, -0.15) is 0 Å². The third kappa shape index (κ3) is 5.59. The number of nitrogens with one attached hydrogen (secondary N) is 1. The van der Waals surface area contributed by atoms with Crippen LogP contribution >= 0.6 is 12.4 Å². The van der Waals surface area contributed by atoms with Crippen molar-refractivity contribution < 1.29 is 4.79 Å². The van der Waals surface area contributed by atoms with E-state index in [9.17, 15) is 4.79 Å². The molecule has 1 aliphatic rings. The molecule has 0 saturated carbocycles. The van der Waals surface area contributed by atoms with E-state index in [1.807, 2.05) is 11.9 Å². The van der Waals surface area contributed by atoms with Crippen LogP contribution in [0.5, 0.6) is 0 Å². The van der Waals surface area contributed by atoms with E-state index in [0.717, 1.165) is 32.7 Å². The molecule has 1 saturated heterocycles. The van der Waals surface area contributed by atoms with Crippen molar-refractivity contribution in [3.05, 3.63) is 35.4 Å². The summed E-state index contributed by atoms with van der Waals surface area (Å²) in [5, 5.41) is 3.27. The van der Waals surface area contributed by atoms with Crippen LogP contribution in [0.1, 0.15) is 30.9 Å². The zero-order chi connectivity index (χ0) is 15.2. The predicted octanol–water partition coefficient (Wildman–Crippen LogP) is 2.10. The molecule has 0 aliphatic carbocycles. The Morgan fingerprint density at radius 1 is 1.23 bits per heavy atom. The fourth-order valence-corrected chi connectivity index (χ4v) is 2.62. The highest BCUT2D eigenvalue weighted by molar-refractivity contribution is 5.85. The molecule has 0 unspecified atom stereocenters. The number of amides is 1. The molecule has 4 nitrogen and oxygen atoms in total. The normalized spacial score (nSPS) is 15.0. The van der Waals surface area contributed by atoms with Gasteiger partial charge in [0.2, 0.25) is 5.91 Å². The van der Waals surface area contributed by atoms with Gasteiger partial charge in [0.1, 0.15) is 0 Å². The number of hydrogen-bond acceptors (Lipinski definition) is 3. The molecule has 1 heterocycles. The first-order valence-electron chi connectivity index (χ1n) is 7.82. The lowest BCUT2D eigenvalue weighted by Gasteiger charge is -2.29. The van der Waals surface area contributed by atoms with Crippen LogP contribution in [-0.2, 0) is 11.3 Å². The van der Waals surface area contributed by atoms with Gasteiger partial charge in [-0.3, -0.25) is 9.69 Å². The van der Waals surface area contributed by atoms with Gasteiger partial charge < -0.3 is 10.2 Å². The zero-order valence-corrected chi connectivity index (χ0v) is 14.7. The minimum absolute atomic E-state index is 0. The zero-order valence-electron chi connectivity index (χ0n) is 13.8. The Hall–Kier alpha value is -1.10. The molecule has 0 spiro atoms. The molecular formula is C17H28ClN3O. The van der Waals surface area contributed by atoms with Crippen molar-refractivity contribution in [3.8, 4) is 0 Å². The number of nitrogens with zero attached hydrogens (tertiary/aromatic N) is 2. The van der Waals surface area contributed by atoms with E-state index in [4.69, 9.17) is 0 Å². The topological polar surface area (TPSA) is 35.6 Å². The third-order valence-electron chi connectivity index (χ3n) is 3.97. The molecule has 1 N–H and O–H groups in total. The second-order valence-corrected chi connectivity index (χ2v) is 6.20. The maximum atomic E-state index is 12.2. The standard InChI is InChI=1S/C17H27N3O.ClH/c1-14(2)16-6-4-15(5-7-16)12-19(3)13-17(21)20-10-8-18-9-11-20;/h4-7,14,18H,8-13H2,1-3H3;1H. The predicted molar refractivity (Wildman–Crippen MR) is 93.6 cm³/mol. The summed E-state index contributed by atoms with van der Waals surface area (Å²) >= 11 is 0. The molecule has 1 aromatic rings. The Kier molecular flexibility index (Phi) is 7.87. The summed E-state index contributed by atoms with van der Waals surface area (Å²) in [6.07, 6.45) is 0.